The van der Waals surface area contributed by atoms with Crippen LogP contribution in [0.2, 0.25) is 0 Å². The number of sulfonamides is 2. The Labute approximate surface area is 149 Å². The molecule has 0 fully saturated rings. The molecule has 0 aliphatic carbocycles. The van der Waals surface area contributed by atoms with Crippen molar-refractivity contribution in [2.75, 3.05) is 6.54 Å². The topological polar surface area (TPSA) is 106 Å². The lowest BCUT2D eigenvalue weighted by atomic mass is 10.2. The fraction of sp³-hybridized carbons (Fsp3) is 0.143. The number of primary sulfonamides is 1. The first kappa shape index (κ1) is 18.3. The van der Waals surface area contributed by atoms with Crippen LogP contribution in [-0.4, -0.2) is 23.4 Å². The Morgan fingerprint density at radius 2 is 1.39 bits per heavy atom. The van der Waals surface area contributed by atoms with Gasteiger partial charge in [0.15, 0.2) is 0 Å². The van der Waals surface area contributed by atoms with Gasteiger partial charge in [-0.15, -0.1) is 0 Å². The molecule has 6 nitrogen and oxygen atoms in total. The van der Waals surface area contributed by atoms with Gasteiger partial charge in [-0.3, -0.25) is 0 Å². The van der Waals surface area contributed by atoms with Crippen LogP contribution in [0, 0.1) is 3.57 Å². The van der Waals surface area contributed by atoms with Crippen molar-refractivity contribution in [2.45, 2.75) is 16.2 Å². The van der Waals surface area contributed by atoms with Crippen LogP contribution in [-0.2, 0) is 26.5 Å². The molecule has 0 aromatic heterocycles. The number of nitrogens with one attached hydrogen (secondary N) is 1. The fourth-order valence-electron chi connectivity index (χ4n) is 1.87. The predicted molar refractivity (Wildman–Crippen MR) is 95.9 cm³/mol. The van der Waals surface area contributed by atoms with E-state index in [-0.39, 0.29) is 16.3 Å². The van der Waals surface area contributed by atoms with Crippen LogP contribution in [0.4, 0.5) is 0 Å². The lowest BCUT2D eigenvalue weighted by molar-refractivity contribution is 0.581. The lowest BCUT2D eigenvalue weighted by Crippen LogP contribution is -2.26. The van der Waals surface area contributed by atoms with E-state index in [1.165, 1.54) is 12.1 Å². The molecule has 2 aromatic rings. The van der Waals surface area contributed by atoms with Gasteiger partial charge in [0.05, 0.1) is 9.79 Å². The highest BCUT2D eigenvalue weighted by Gasteiger charge is 2.13. The molecule has 0 bridgehead atoms. The Morgan fingerprint density at radius 3 is 1.91 bits per heavy atom. The summed E-state index contributed by atoms with van der Waals surface area (Å²) in [5.41, 5.74) is 0.808. The SMILES string of the molecule is NS(=O)(=O)c1ccc(CCNS(=O)(=O)c2ccc(I)cc2)cc1. The van der Waals surface area contributed by atoms with Gasteiger partial charge in [0.2, 0.25) is 20.0 Å². The first-order chi connectivity index (χ1) is 10.7. The van der Waals surface area contributed by atoms with Crippen molar-refractivity contribution in [3.05, 3.63) is 57.7 Å². The van der Waals surface area contributed by atoms with E-state index in [0.717, 1.165) is 9.13 Å². The summed E-state index contributed by atoms with van der Waals surface area (Å²) in [6.07, 6.45) is 0.439. The van der Waals surface area contributed by atoms with Gasteiger partial charge in [-0.25, -0.2) is 26.7 Å². The summed E-state index contributed by atoms with van der Waals surface area (Å²) >= 11 is 2.10. The minimum atomic E-state index is -3.72. The van der Waals surface area contributed by atoms with E-state index in [9.17, 15) is 16.8 Å². The van der Waals surface area contributed by atoms with Gasteiger partial charge in [-0.2, -0.15) is 0 Å². The van der Waals surface area contributed by atoms with E-state index in [1.807, 2.05) is 0 Å². The molecule has 9 heteroatoms. The predicted octanol–water partition coefficient (Wildman–Crippen LogP) is 1.46. The highest BCUT2D eigenvalue weighted by molar-refractivity contribution is 14.1. The van der Waals surface area contributed by atoms with Gasteiger partial charge >= 0.3 is 0 Å². The Hall–Kier alpha value is -1.01. The number of rotatable bonds is 6. The smallest absolute Gasteiger partial charge is 0.225 e. The van der Waals surface area contributed by atoms with Crippen molar-refractivity contribution < 1.29 is 16.8 Å². The second-order valence-electron chi connectivity index (χ2n) is 4.79. The van der Waals surface area contributed by atoms with Crippen molar-refractivity contribution in [2.24, 2.45) is 5.14 Å². The van der Waals surface area contributed by atoms with Crippen LogP contribution < -0.4 is 9.86 Å². The zero-order valence-electron chi connectivity index (χ0n) is 11.9. The highest BCUT2D eigenvalue weighted by atomic mass is 127. The minimum absolute atomic E-state index is 0.0284. The minimum Gasteiger partial charge on any atom is -0.225 e. The van der Waals surface area contributed by atoms with E-state index in [2.05, 4.69) is 27.3 Å². The summed E-state index contributed by atoms with van der Waals surface area (Å²) in [4.78, 5) is 0.239. The molecule has 2 aromatic carbocycles. The summed E-state index contributed by atoms with van der Waals surface area (Å²) < 4.78 is 50.0. The van der Waals surface area contributed by atoms with Crippen LogP contribution in [0.5, 0.6) is 0 Å². The number of nitrogens with two attached hydrogens (primary N) is 1. The molecule has 124 valence electrons. The second kappa shape index (κ2) is 7.26. The van der Waals surface area contributed by atoms with Crippen LogP contribution in [0.1, 0.15) is 5.56 Å². The summed E-state index contributed by atoms with van der Waals surface area (Å²) in [7, 11) is -7.26. The molecule has 0 atom stereocenters. The normalized spacial score (nSPS) is 12.3. The van der Waals surface area contributed by atoms with Crippen LogP contribution >= 0.6 is 22.6 Å². The van der Waals surface area contributed by atoms with Crippen molar-refractivity contribution in [3.8, 4) is 0 Å². The third kappa shape index (κ3) is 5.24. The van der Waals surface area contributed by atoms with Crippen LogP contribution in [0.3, 0.4) is 0 Å². The molecule has 0 saturated heterocycles. The van der Waals surface area contributed by atoms with Crippen molar-refractivity contribution in [3.63, 3.8) is 0 Å². The molecule has 23 heavy (non-hydrogen) atoms. The van der Waals surface area contributed by atoms with Gasteiger partial charge in [0, 0.05) is 10.1 Å². The zero-order chi connectivity index (χ0) is 17.1. The standard InChI is InChI=1S/C14H15IN2O4S2/c15-12-3-7-14(8-4-12)23(20,21)17-10-9-11-1-5-13(6-2-11)22(16,18)19/h1-8,17H,9-10H2,(H2,16,18,19). The third-order valence-corrected chi connectivity index (χ3v) is 6.21. The summed E-state index contributed by atoms with van der Waals surface area (Å²) in [6, 6.07) is 12.6. The largest absolute Gasteiger partial charge is 0.240 e. The molecular weight excluding hydrogens is 451 g/mol. The molecule has 3 N–H and O–H groups in total. The molecule has 0 aliphatic heterocycles. The second-order valence-corrected chi connectivity index (χ2v) is 9.36. The Bertz CT molecular complexity index is 877. The number of hydrogen-bond acceptors (Lipinski definition) is 4. The van der Waals surface area contributed by atoms with Gasteiger partial charge in [-0.1, -0.05) is 12.1 Å². The van der Waals surface area contributed by atoms with E-state index in [1.54, 1.807) is 36.4 Å². The number of benzene rings is 2. The number of hydrogen-bond donors (Lipinski definition) is 2. The van der Waals surface area contributed by atoms with Gasteiger partial charge < -0.3 is 0 Å². The molecule has 0 unspecified atom stereocenters. The van der Waals surface area contributed by atoms with Crippen molar-refractivity contribution in [1.29, 1.82) is 0 Å². The quantitative estimate of drug-likeness (QED) is 0.629. The Morgan fingerprint density at radius 1 is 0.870 bits per heavy atom. The maximum absolute atomic E-state index is 12.1. The Kier molecular flexibility index (Phi) is 5.79. The molecule has 0 spiro atoms. The van der Waals surface area contributed by atoms with Gasteiger partial charge in [0.25, 0.3) is 0 Å². The molecule has 0 aliphatic rings. The van der Waals surface area contributed by atoms with Crippen molar-refractivity contribution in [1.82, 2.24) is 4.72 Å². The average Bonchev–Trinajstić information content (AvgIpc) is 2.47. The third-order valence-electron chi connectivity index (χ3n) is 3.08. The van der Waals surface area contributed by atoms with E-state index >= 15 is 0 Å². The summed E-state index contributed by atoms with van der Waals surface area (Å²) in [6.45, 7) is 0.211. The monoisotopic (exact) mass is 466 g/mol. The maximum atomic E-state index is 12.1. The molecule has 2 rings (SSSR count). The molecule has 0 radical (unpaired) electrons. The van der Waals surface area contributed by atoms with Crippen molar-refractivity contribution >= 4 is 42.6 Å². The lowest BCUT2D eigenvalue weighted by Gasteiger charge is -2.07. The molecule has 0 heterocycles. The molecule has 0 amide bonds. The maximum Gasteiger partial charge on any atom is 0.240 e. The molecule has 0 saturated carbocycles. The first-order valence-electron chi connectivity index (χ1n) is 6.55. The van der Waals surface area contributed by atoms with Crippen LogP contribution in [0.25, 0.3) is 0 Å². The first-order valence-corrected chi connectivity index (χ1v) is 10.7. The van der Waals surface area contributed by atoms with Gasteiger partial charge in [-0.05, 0) is 71.0 Å². The number of halogens is 1. The van der Waals surface area contributed by atoms with E-state index in [0.29, 0.717) is 6.42 Å². The van der Waals surface area contributed by atoms with Gasteiger partial charge in [0.1, 0.15) is 0 Å². The summed E-state index contributed by atoms with van der Waals surface area (Å²) in [5, 5.41) is 5.02. The highest BCUT2D eigenvalue weighted by Crippen LogP contribution is 2.12. The van der Waals surface area contributed by atoms with E-state index < -0.39 is 20.0 Å². The summed E-state index contributed by atoms with van der Waals surface area (Å²) in [5.74, 6) is 0. The molecular formula is C14H15IN2O4S2. The Balaban J connectivity index is 1.98. The van der Waals surface area contributed by atoms with Crippen LogP contribution in [0.15, 0.2) is 58.3 Å². The fourth-order valence-corrected chi connectivity index (χ4v) is 3.78. The average molecular weight is 466 g/mol. The zero-order valence-corrected chi connectivity index (χ0v) is 15.7. The van der Waals surface area contributed by atoms with E-state index in [4.69, 9.17) is 5.14 Å².